The first-order valence-electron chi connectivity index (χ1n) is 19.2. The fourth-order valence-electron chi connectivity index (χ4n) is 6.33. The van der Waals surface area contributed by atoms with Gasteiger partial charge in [-0.2, -0.15) is 4.39 Å². The molecule has 0 N–H and O–H groups in total. The molecule has 0 aliphatic rings. The maximum absolute atomic E-state index is 15.1. The molecule has 264 valence electrons. The van der Waals surface area contributed by atoms with Crippen LogP contribution in [0.2, 0.25) is 0 Å². The molecule has 0 heterocycles. The third kappa shape index (κ3) is 13.0. The number of halogens is 2. The molecule has 0 amide bonds. The summed E-state index contributed by atoms with van der Waals surface area (Å²) in [6.45, 7) is 5.64. The number of benzene rings is 4. The third-order valence-corrected chi connectivity index (χ3v) is 9.42. The predicted octanol–water partition coefficient (Wildman–Crippen LogP) is 14.4. The summed E-state index contributed by atoms with van der Waals surface area (Å²) in [6.07, 6.45) is 21.3. The summed E-state index contributed by atoms with van der Waals surface area (Å²) in [4.78, 5) is 0. The normalized spacial score (nSPS) is 11.2. The van der Waals surface area contributed by atoms with E-state index in [-0.39, 0.29) is 11.3 Å². The van der Waals surface area contributed by atoms with Crippen molar-refractivity contribution in [2.24, 2.45) is 0 Å². The van der Waals surface area contributed by atoms with Crippen molar-refractivity contribution in [3.8, 4) is 44.9 Å². The van der Waals surface area contributed by atoms with Gasteiger partial charge in [0.2, 0.25) is 5.82 Å². The molecule has 49 heavy (non-hydrogen) atoms. The molecule has 0 bridgehead atoms. The summed E-state index contributed by atoms with van der Waals surface area (Å²) in [5.41, 5.74) is 5.22. The number of hydrogen-bond donors (Lipinski definition) is 0. The molecule has 0 fully saturated rings. The molecule has 0 saturated carbocycles. The van der Waals surface area contributed by atoms with Gasteiger partial charge in [0.05, 0.1) is 13.2 Å². The summed E-state index contributed by atoms with van der Waals surface area (Å²) in [5, 5.41) is 0. The number of rotatable bonds is 24. The molecule has 0 saturated heterocycles. The maximum Gasteiger partial charge on any atom is 0.201 e. The first-order chi connectivity index (χ1) is 24.1. The highest BCUT2D eigenvalue weighted by Crippen LogP contribution is 2.32. The van der Waals surface area contributed by atoms with E-state index < -0.39 is 11.6 Å². The van der Waals surface area contributed by atoms with E-state index in [1.807, 2.05) is 24.3 Å². The van der Waals surface area contributed by atoms with Gasteiger partial charge in [0.15, 0.2) is 11.6 Å². The lowest BCUT2D eigenvalue weighted by Crippen LogP contribution is -2.01. The Kier molecular flexibility index (Phi) is 17.2. The van der Waals surface area contributed by atoms with E-state index >= 15 is 4.39 Å². The summed E-state index contributed by atoms with van der Waals surface area (Å²) in [5.74, 6) is -0.896. The zero-order chi connectivity index (χ0) is 34.5. The lowest BCUT2D eigenvalue weighted by Gasteiger charge is -2.11. The smallest absolute Gasteiger partial charge is 0.201 e. The van der Waals surface area contributed by atoms with Crippen LogP contribution in [0, 0.1) is 11.6 Å². The van der Waals surface area contributed by atoms with Gasteiger partial charge in [0.25, 0.3) is 0 Å². The highest BCUT2D eigenvalue weighted by atomic mass is 19.2. The van der Waals surface area contributed by atoms with Gasteiger partial charge in [-0.3, -0.25) is 0 Å². The van der Waals surface area contributed by atoms with E-state index in [4.69, 9.17) is 9.47 Å². The highest BCUT2D eigenvalue weighted by molar-refractivity contribution is 5.74. The summed E-state index contributed by atoms with van der Waals surface area (Å²) in [6, 6.07) is 27.5. The van der Waals surface area contributed by atoms with Crippen LogP contribution in [0.4, 0.5) is 8.78 Å². The van der Waals surface area contributed by atoms with Crippen LogP contribution in [-0.2, 0) is 0 Å². The second-order valence-electron chi connectivity index (χ2n) is 13.4. The monoisotopic (exact) mass is 668 g/mol. The van der Waals surface area contributed by atoms with Crippen LogP contribution in [-0.4, -0.2) is 13.2 Å². The van der Waals surface area contributed by atoms with Gasteiger partial charge >= 0.3 is 0 Å². The Morgan fingerprint density at radius 2 is 0.735 bits per heavy atom. The Hall–Kier alpha value is -3.66. The third-order valence-electron chi connectivity index (χ3n) is 9.42. The Morgan fingerprint density at radius 3 is 1.18 bits per heavy atom. The van der Waals surface area contributed by atoms with Crippen LogP contribution in [0.1, 0.15) is 123 Å². The van der Waals surface area contributed by atoms with Crippen molar-refractivity contribution in [2.45, 2.75) is 123 Å². The van der Waals surface area contributed by atoms with Crippen LogP contribution in [0.5, 0.6) is 11.5 Å². The minimum Gasteiger partial charge on any atom is -0.494 e. The van der Waals surface area contributed by atoms with Gasteiger partial charge in [-0.15, -0.1) is 0 Å². The Balaban J connectivity index is 1.20. The van der Waals surface area contributed by atoms with Crippen LogP contribution < -0.4 is 9.47 Å². The molecule has 0 aliphatic carbocycles. The van der Waals surface area contributed by atoms with Crippen molar-refractivity contribution in [1.29, 1.82) is 0 Å². The van der Waals surface area contributed by atoms with Gasteiger partial charge in [0.1, 0.15) is 5.75 Å². The molecule has 4 aromatic carbocycles. The Bertz CT molecular complexity index is 1460. The lowest BCUT2D eigenvalue weighted by molar-refractivity contribution is 0.285. The molecule has 0 unspecified atom stereocenters. The van der Waals surface area contributed by atoms with E-state index in [0.717, 1.165) is 60.3 Å². The van der Waals surface area contributed by atoms with Crippen LogP contribution >= 0.6 is 0 Å². The van der Waals surface area contributed by atoms with Crippen LogP contribution in [0.15, 0.2) is 84.9 Å². The molecular weight excluding hydrogens is 610 g/mol. The van der Waals surface area contributed by atoms with Gasteiger partial charge in [-0.1, -0.05) is 171 Å². The quantitative estimate of drug-likeness (QED) is 0.0692. The lowest BCUT2D eigenvalue weighted by atomic mass is 9.98. The molecule has 0 aliphatic heterocycles. The van der Waals surface area contributed by atoms with Crippen molar-refractivity contribution in [3.05, 3.63) is 96.6 Å². The molecule has 4 aromatic rings. The standard InChI is InChI=1S/C45H58F2O2/c1-3-5-7-9-11-12-13-15-16-18-34-48-41-30-28-39(29-31-41)37-22-20-36(21-23-37)38-24-26-40(27-25-38)42-32-33-43(45(47)44(42)46)49-35-19-17-14-10-8-6-4-2/h20-33H,3-19,34-35H2,1-2H3. The first-order valence-corrected chi connectivity index (χ1v) is 19.2. The van der Waals surface area contributed by atoms with Crippen LogP contribution in [0.3, 0.4) is 0 Å². The second-order valence-corrected chi connectivity index (χ2v) is 13.4. The number of hydrogen-bond acceptors (Lipinski definition) is 2. The number of ether oxygens (including phenoxy) is 2. The van der Waals surface area contributed by atoms with Gasteiger partial charge in [-0.25, -0.2) is 4.39 Å². The average Bonchev–Trinajstić information content (AvgIpc) is 3.14. The van der Waals surface area contributed by atoms with E-state index in [1.165, 1.54) is 83.5 Å². The topological polar surface area (TPSA) is 18.5 Å². The minimum absolute atomic E-state index is 0.0181. The van der Waals surface area contributed by atoms with E-state index in [1.54, 1.807) is 12.1 Å². The SMILES string of the molecule is CCCCCCCCCCCCOc1ccc(-c2ccc(-c3ccc(-c4ccc(OCCCCCCCCC)c(F)c4F)cc3)cc2)cc1. The molecule has 4 rings (SSSR count). The van der Waals surface area contributed by atoms with Crippen molar-refractivity contribution in [3.63, 3.8) is 0 Å². The van der Waals surface area contributed by atoms with Crippen molar-refractivity contribution >= 4 is 0 Å². The van der Waals surface area contributed by atoms with Crippen LogP contribution in [0.25, 0.3) is 33.4 Å². The summed E-state index contributed by atoms with van der Waals surface area (Å²) < 4.78 is 41.5. The molecule has 2 nitrogen and oxygen atoms in total. The molecule has 0 radical (unpaired) electrons. The molecule has 0 aromatic heterocycles. The molecule has 4 heteroatoms. The zero-order valence-electron chi connectivity index (χ0n) is 30.1. The van der Waals surface area contributed by atoms with Crippen molar-refractivity contribution < 1.29 is 18.3 Å². The summed E-state index contributed by atoms with van der Waals surface area (Å²) in [7, 11) is 0. The van der Waals surface area contributed by atoms with E-state index in [2.05, 4.69) is 62.4 Å². The maximum atomic E-state index is 15.1. The predicted molar refractivity (Wildman–Crippen MR) is 203 cm³/mol. The second kappa shape index (κ2) is 22.1. The van der Waals surface area contributed by atoms with Crippen molar-refractivity contribution in [2.75, 3.05) is 13.2 Å². The average molecular weight is 669 g/mol. The molecule has 0 atom stereocenters. The molecular formula is C45H58F2O2. The van der Waals surface area contributed by atoms with E-state index in [9.17, 15) is 4.39 Å². The van der Waals surface area contributed by atoms with Gasteiger partial charge in [0, 0.05) is 5.56 Å². The Morgan fingerprint density at radius 1 is 0.367 bits per heavy atom. The zero-order valence-corrected chi connectivity index (χ0v) is 30.1. The fraction of sp³-hybridized carbons (Fsp3) is 0.467. The minimum atomic E-state index is -0.922. The first kappa shape index (κ1) is 38.1. The Labute approximate surface area is 295 Å². The van der Waals surface area contributed by atoms with Gasteiger partial charge < -0.3 is 9.47 Å². The molecule has 0 spiro atoms. The number of unbranched alkanes of at least 4 members (excludes halogenated alkanes) is 15. The van der Waals surface area contributed by atoms with E-state index in [0.29, 0.717) is 12.2 Å². The fourth-order valence-corrected chi connectivity index (χ4v) is 6.33. The van der Waals surface area contributed by atoms with Crippen molar-refractivity contribution in [1.82, 2.24) is 0 Å². The largest absolute Gasteiger partial charge is 0.494 e. The van der Waals surface area contributed by atoms with Gasteiger partial charge in [-0.05, 0) is 64.9 Å². The highest BCUT2D eigenvalue weighted by Gasteiger charge is 2.16. The summed E-state index contributed by atoms with van der Waals surface area (Å²) >= 11 is 0.